The molecule has 2 aliphatic rings. The number of nitrogens with one attached hydrogen (secondary N) is 1. The lowest BCUT2D eigenvalue weighted by molar-refractivity contribution is 0.128. The molecule has 1 saturated heterocycles. The Morgan fingerprint density at radius 3 is 2.27 bits per heavy atom. The summed E-state index contributed by atoms with van der Waals surface area (Å²) in [5, 5.41) is 3.76. The predicted octanol–water partition coefficient (Wildman–Crippen LogP) is 3.74. The Labute approximate surface area is 95.0 Å². The van der Waals surface area contributed by atoms with Gasteiger partial charge in [-0.1, -0.05) is 33.6 Å². The molecule has 2 rings (SSSR count). The van der Waals surface area contributed by atoms with Crippen molar-refractivity contribution in [3.05, 3.63) is 0 Å². The molecule has 1 aliphatic carbocycles. The molecule has 88 valence electrons. The van der Waals surface area contributed by atoms with Gasteiger partial charge >= 0.3 is 0 Å². The molecule has 2 fully saturated rings. The van der Waals surface area contributed by atoms with E-state index < -0.39 is 0 Å². The van der Waals surface area contributed by atoms with Crippen LogP contribution in [-0.2, 0) is 0 Å². The Bertz CT molecular complexity index is 202. The molecule has 0 radical (unpaired) electrons. The van der Waals surface area contributed by atoms with Gasteiger partial charge in [-0.25, -0.2) is 0 Å². The summed E-state index contributed by atoms with van der Waals surface area (Å²) in [6.45, 7) is 8.47. The largest absolute Gasteiger partial charge is 0.313 e. The Kier molecular flexibility index (Phi) is 3.12. The fraction of sp³-hybridized carbons (Fsp3) is 1.00. The van der Waals surface area contributed by atoms with Gasteiger partial charge in [-0.15, -0.1) is 0 Å². The van der Waals surface area contributed by atoms with Crippen molar-refractivity contribution >= 4 is 0 Å². The van der Waals surface area contributed by atoms with Gasteiger partial charge < -0.3 is 5.32 Å². The van der Waals surface area contributed by atoms with Gasteiger partial charge in [0.15, 0.2) is 0 Å². The Morgan fingerprint density at radius 2 is 1.80 bits per heavy atom. The van der Waals surface area contributed by atoms with E-state index in [-0.39, 0.29) is 0 Å². The highest BCUT2D eigenvalue weighted by molar-refractivity contribution is 4.98. The summed E-state index contributed by atoms with van der Waals surface area (Å²) in [4.78, 5) is 0. The molecule has 1 nitrogen and oxygen atoms in total. The third-order valence-electron chi connectivity index (χ3n) is 4.28. The first-order valence-corrected chi connectivity index (χ1v) is 6.75. The van der Waals surface area contributed by atoms with Crippen molar-refractivity contribution in [2.75, 3.05) is 6.54 Å². The van der Waals surface area contributed by atoms with Gasteiger partial charge in [-0.2, -0.15) is 0 Å². The molecule has 1 atom stereocenters. The van der Waals surface area contributed by atoms with Gasteiger partial charge in [0.05, 0.1) is 0 Å². The molecule has 1 aliphatic heterocycles. The minimum Gasteiger partial charge on any atom is -0.313 e. The molecule has 1 heterocycles. The molecule has 0 aromatic carbocycles. The van der Waals surface area contributed by atoms with E-state index in [1.165, 1.54) is 51.5 Å². The fourth-order valence-corrected chi connectivity index (χ4v) is 3.99. The first-order valence-electron chi connectivity index (χ1n) is 6.75. The van der Waals surface area contributed by atoms with Crippen molar-refractivity contribution in [2.24, 2.45) is 10.8 Å². The molecule has 1 unspecified atom stereocenters. The van der Waals surface area contributed by atoms with Crippen LogP contribution in [0.15, 0.2) is 0 Å². The molecule has 1 heteroatoms. The van der Waals surface area contributed by atoms with Crippen LogP contribution < -0.4 is 5.32 Å². The quantitative estimate of drug-likeness (QED) is 0.730. The molecule has 15 heavy (non-hydrogen) atoms. The minimum atomic E-state index is 0.495. The van der Waals surface area contributed by atoms with E-state index in [1.54, 1.807) is 0 Å². The SMILES string of the molecule is CC(C)(C)CC1(C2CCCN2)CCCC1. The summed E-state index contributed by atoms with van der Waals surface area (Å²) < 4.78 is 0. The Balaban J connectivity index is 2.09. The van der Waals surface area contributed by atoms with Gasteiger partial charge in [-0.3, -0.25) is 0 Å². The third kappa shape index (κ3) is 2.55. The summed E-state index contributed by atoms with van der Waals surface area (Å²) in [7, 11) is 0. The zero-order valence-corrected chi connectivity index (χ0v) is 10.7. The fourth-order valence-electron chi connectivity index (χ4n) is 3.99. The molecular formula is C14H27N. The molecule has 0 amide bonds. The van der Waals surface area contributed by atoms with Crippen LogP contribution in [0.25, 0.3) is 0 Å². The maximum absolute atomic E-state index is 3.76. The second-order valence-corrected chi connectivity index (χ2v) is 6.96. The van der Waals surface area contributed by atoms with E-state index in [1.807, 2.05) is 0 Å². The van der Waals surface area contributed by atoms with Gasteiger partial charge in [0.2, 0.25) is 0 Å². The van der Waals surface area contributed by atoms with Crippen LogP contribution in [0, 0.1) is 10.8 Å². The van der Waals surface area contributed by atoms with Crippen molar-refractivity contribution in [1.29, 1.82) is 0 Å². The predicted molar refractivity (Wildman–Crippen MR) is 66.0 cm³/mol. The molecule has 0 aromatic heterocycles. The van der Waals surface area contributed by atoms with Crippen LogP contribution in [-0.4, -0.2) is 12.6 Å². The second-order valence-electron chi connectivity index (χ2n) is 6.96. The highest BCUT2D eigenvalue weighted by Gasteiger charge is 2.44. The maximum atomic E-state index is 3.76. The van der Waals surface area contributed by atoms with Crippen LogP contribution in [0.4, 0.5) is 0 Å². The Hall–Kier alpha value is -0.0400. The summed E-state index contributed by atoms with van der Waals surface area (Å²) in [5.41, 5.74) is 1.14. The molecule has 0 aromatic rings. The van der Waals surface area contributed by atoms with E-state index in [2.05, 4.69) is 26.1 Å². The highest BCUT2D eigenvalue weighted by atomic mass is 15.0. The first kappa shape index (κ1) is 11.4. The van der Waals surface area contributed by atoms with Gasteiger partial charge in [-0.05, 0) is 49.5 Å². The van der Waals surface area contributed by atoms with Crippen molar-refractivity contribution < 1.29 is 0 Å². The standard InChI is InChI=1S/C14H27N/c1-13(2,3)11-14(8-4-5-9-14)12-7-6-10-15-12/h12,15H,4-11H2,1-3H3. The number of hydrogen-bond donors (Lipinski definition) is 1. The molecular weight excluding hydrogens is 182 g/mol. The topological polar surface area (TPSA) is 12.0 Å². The van der Waals surface area contributed by atoms with Crippen molar-refractivity contribution in [2.45, 2.75) is 71.8 Å². The van der Waals surface area contributed by atoms with E-state index in [4.69, 9.17) is 0 Å². The lowest BCUT2D eigenvalue weighted by Gasteiger charge is -2.40. The van der Waals surface area contributed by atoms with E-state index >= 15 is 0 Å². The van der Waals surface area contributed by atoms with Crippen LogP contribution in [0.2, 0.25) is 0 Å². The molecule has 1 saturated carbocycles. The smallest absolute Gasteiger partial charge is 0.0124 e. The normalized spacial score (nSPS) is 31.0. The van der Waals surface area contributed by atoms with E-state index in [0.29, 0.717) is 10.8 Å². The molecule has 0 bridgehead atoms. The average molecular weight is 209 g/mol. The summed E-state index contributed by atoms with van der Waals surface area (Å²) in [6.07, 6.45) is 10.1. The zero-order chi connectivity index (χ0) is 10.9. The van der Waals surface area contributed by atoms with Gasteiger partial charge in [0, 0.05) is 6.04 Å². The number of hydrogen-bond acceptors (Lipinski definition) is 1. The van der Waals surface area contributed by atoms with Crippen LogP contribution in [0.5, 0.6) is 0 Å². The molecule has 1 N–H and O–H groups in total. The minimum absolute atomic E-state index is 0.495. The zero-order valence-electron chi connectivity index (χ0n) is 10.7. The van der Waals surface area contributed by atoms with Crippen LogP contribution in [0.3, 0.4) is 0 Å². The van der Waals surface area contributed by atoms with E-state index in [9.17, 15) is 0 Å². The van der Waals surface area contributed by atoms with E-state index in [0.717, 1.165) is 6.04 Å². The lowest BCUT2D eigenvalue weighted by atomic mass is 9.68. The first-order chi connectivity index (χ1) is 7.02. The monoisotopic (exact) mass is 209 g/mol. The van der Waals surface area contributed by atoms with Gasteiger partial charge in [0.1, 0.15) is 0 Å². The van der Waals surface area contributed by atoms with Crippen molar-refractivity contribution in [3.63, 3.8) is 0 Å². The van der Waals surface area contributed by atoms with Crippen molar-refractivity contribution in [3.8, 4) is 0 Å². The third-order valence-corrected chi connectivity index (χ3v) is 4.28. The molecule has 0 spiro atoms. The van der Waals surface area contributed by atoms with Crippen LogP contribution in [0.1, 0.15) is 65.7 Å². The summed E-state index contributed by atoms with van der Waals surface area (Å²) in [6, 6.07) is 0.833. The summed E-state index contributed by atoms with van der Waals surface area (Å²) in [5.74, 6) is 0. The highest BCUT2D eigenvalue weighted by Crippen LogP contribution is 2.50. The van der Waals surface area contributed by atoms with Crippen LogP contribution >= 0.6 is 0 Å². The lowest BCUT2D eigenvalue weighted by Crippen LogP contribution is -2.42. The average Bonchev–Trinajstić information content (AvgIpc) is 2.68. The second kappa shape index (κ2) is 4.08. The van der Waals surface area contributed by atoms with Gasteiger partial charge in [0.25, 0.3) is 0 Å². The Morgan fingerprint density at radius 1 is 1.13 bits per heavy atom. The van der Waals surface area contributed by atoms with Crippen molar-refractivity contribution in [1.82, 2.24) is 5.32 Å². The summed E-state index contributed by atoms with van der Waals surface area (Å²) >= 11 is 0. The number of rotatable bonds is 2. The maximum Gasteiger partial charge on any atom is 0.0124 e.